The summed E-state index contributed by atoms with van der Waals surface area (Å²) >= 11 is 0. The Kier molecular flexibility index (Phi) is 6.05. The summed E-state index contributed by atoms with van der Waals surface area (Å²) in [6, 6.07) is 0.547. The molecule has 0 aromatic carbocycles. The molecule has 16 heavy (non-hydrogen) atoms. The van der Waals surface area contributed by atoms with Gasteiger partial charge in [-0.1, -0.05) is 6.92 Å². The molecule has 2 saturated heterocycles. The third-order valence-electron chi connectivity index (χ3n) is 3.72. The van der Waals surface area contributed by atoms with Crippen LogP contribution >= 0.6 is 12.4 Å². The standard InChI is InChI=1S/C12H24N2O.ClH/c1-3-14-6-4-11(5-7-14)8-12-13-10(2)9-15-12;/h10-13H,3-9H2,1-2H3;1H. The van der Waals surface area contributed by atoms with Crippen LogP contribution in [0.15, 0.2) is 0 Å². The first-order chi connectivity index (χ1) is 7.28. The van der Waals surface area contributed by atoms with Gasteiger partial charge in [-0.05, 0) is 51.7 Å². The molecule has 4 heteroatoms. The maximum Gasteiger partial charge on any atom is 0.108 e. The summed E-state index contributed by atoms with van der Waals surface area (Å²) in [6.07, 6.45) is 4.24. The Morgan fingerprint density at radius 2 is 2.00 bits per heavy atom. The number of hydrogen-bond acceptors (Lipinski definition) is 3. The van der Waals surface area contributed by atoms with Crippen LogP contribution in [0.2, 0.25) is 0 Å². The fourth-order valence-electron chi connectivity index (χ4n) is 2.65. The third-order valence-corrected chi connectivity index (χ3v) is 3.72. The molecule has 0 saturated carbocycles. The number of hydrogen-bond donors (Lipinski definition) is 1. The molecule has 2 heterocycles. The lowest BCUT2D eigenvalue weighted by Crippen LogP contribution is -2.36. The predicted octanol–water partition coefficient (Wildman–Crippen LogP) is 1.86. The van der Waals surface area contributed by atoms with E-state index in [2.05, 4.69) is 24.1 Å². The summed E-state index contributed by atoms with van der Waals surface area (Å²) in [5.74, 6) is 0.871. The molecule has 96 valence electrons. The molecule has 2 atom stereocenters. The van der Waals surface area contributed by atoms with Crippen molar-refractivity contribution in [3.63, 3.8) is 0 Å². The lowest BCUT2D eigenvalue weighted by Gasteiger charge is -2.32. The zero-order valence-corrected chi connectivity index (χ0v) is 11.3. The van der Waals surface area contributed by atoms with Crippen molar-refractivity contribution in [2.45, 2.75) is 45.4 Å². The maximum atomic E-state index is 5.70. The van der Waals surface area contributed by atoms with Crippen molar-refractivity contribution in [3.8, 4) is 0 Å². The highest BCUT2D eigenvalue weighted by Crippen LogP contribution is 2.23. The molecular formula is C12H25ClN2O. The number of rotatable bonds is 3. The minimum atomic E-state index is 0. The van der Waals surface area contributed by atoms with Gasteiger partial charge in [0.15, 0.2) is 0 Å². The van der Waals surface area contributed by atoms with Crippen molar-refractivity contribution >= 4 is 12.4 Å². The summed E-state index contributed by atoms with van der Waals surface area (Å²) in [7, 11) is 0. The molecule has 1 N–H and O–H groups in total. The first kappa shape index (κ1) is 14.2. The van der Waals surface area contributed by atoms with Gasteiger partial charge in [0.2, 0.25) is 0 Å². The third kappa shape index (κ3) is 3.88. The van der Waals surface area contributed by atoms with Crippen molar-refractivity contribution < 1.29 is 4.74 Å². The van der Waals surface area contributed by atoms with E-state index < -0.39 is 0 Å². The largest absolute Gasteiger partial charge is 0.362 e. The SMILES string of the molecule is CCN1CCC(CC2NC(C)CO2)CC1.Cl. The highest BCUT2D eigenvalue weighted by atomic mass is 35.5. The van der Waals surface area contributed by atoms with Gasteiger partial charge >= 0.3 is 0 Å². The van der Waals surface area contributed by atoms with Crippen LogP contribution in [0.5, 0.6) is 0 Å². The molecule has 0 aromatic heterocycles. The van der Waals surface area contributed by atoms with Crippen molar-refractivity contribution in [1.82, 2.24) is 10.2 Å². The van der Waals surface area contributed by atoms with Crippen LogP contribution in [0.1, 0.15) is 33.1 Å². The Labute approximate surface area is 105 Å². The summed E-state index contributed by atoms with van der Waals surface area (Å²) < 4.78 is 5.70. The Bertz CT molecular complexity index is 195. The lowest BCUT2D eigenvalue weighted by atomic mass is 9.93. The second-order valence-electron chi connectivity index (χ2n) is 5.00. The van der Waals surface area contributed by atoms with Crippen LogP contribution in [0.4, 0.5) is 0 Å². The molecule has 3 nitrogen and oxygen atoms in total. The Balaban J connectivity index is 0.00000128. The van der Waals surface area contributed by atoms with E-state index in [1.807, 2.05) is 0 Å². The molecule has 0 aromatic rings. The second-order valence-corrected chi connectivity index (χ2v) is 5.00. The topological polar surface area (TPSA) is 24.5 Å². The van der Waals surface area contributed by atoms with Crippen molar-refractivity contribution in [1.29, 1.82) is 0 Å². The normalized spacial score (nSPS) is 32.6. The number of likely N-dealkylation sites (tertiary alicyclic amines) is 1. The Hall–Kier alpha value is 0.170. The Morgan fingerprint density at radius 1 is 1.31 bits per heavy atom. The minimum absolute atomic E-state index is 0. The molecule has 0 amide bonds. The van der Waals surface area contributed by atoms with Crippen molar-refractivity contribution in [3.05, 3.63) is 0 Å². The lowest BCUT2D eigenvalue weighted by molar-refractivity contribution is 0.0645. The van der Waals surface area contributed by atoms with E-state index in [0.717, 1.165) is 12.5 Å². The van der Waals surface area contributed by atoms with E-state index in [9.17, 15) is 0 Å². The zero-order valence-electron chi connectivity index (χ0n) is 10.4. The molecule has 2 unspecified atom stereocenters. The van der Waals surface area contributed by atoms with Crippen molar-refractivity contribution in [2.75, 3.05) is 26.2 Å². The van der Waals surface area contributed by atoms with E-state index in [1.165, 1.54) is 38.9 Å². The van der Waals surface area contributed by atoms with Gasteiger partial charge in [-0.15, -0.1) is 12.4 Å². The van der Waals surface area contributed by atoms with Crippen LogP contribution in [0.25, 0.3) is 0 Å². The predicted molar refractivity (Wildman–Crippen MR) is 69.0 cm³/mol. The molecular weight excluding hydrogens is 224 g/mol. The average Bonchev–Trinajstić information content (AvgIpc) is 2.65. The first-order valence-corrected chi connectivity index (χ1v) is 6.38. The van der Waals surface area contributed by atoms with Crippen LogP contribution in [-0.4, -0.2) is 43.4 Å². The maximum absolute atomic E-state index is 5.70. The van der Waals surface area contributed by atoms with Gasteiger partial charge in [0.25, 0.3) is 0 Å². The van der Waals surface area contributed by atoms with E-state index >= 15 is 0 Å². The van der Waals surface area contributed by atoms with Crippen LogP contribution < -0.4 is 5.32 Å². The van der Waals surface area contributed by atoms with Gasteiger partial charge in [0.05, 0.1) is 6.61 Å². The smallest absolute Gasteiger partial charge is 0.108 e. The number of nitrogens with zero attached hydrogens (tertiary/aromatic N) is 1. The molecule has 2 fully saturated rings. The molecule has 2 rings (SSSR count). The molecule has 0 aliphatic carbocycles. The van der Waals surface area contributed by atoms with Gasteiger partial charge in [-0.2, -0.15) is 0 Å². The molecule has 0 bridgehead atoms. The summed E-state index contributed by atoms with van der Waals surface area (Å²) in [4.78, 5) is 2.54. The number of piperidine rings is 1. The van der Waals surface area contributed by atoms with Gasteiger partial charge in [-0.3, -0.25) is 5.32 Å². The summed E-state index contributed by atoms with van der Waals surface area (Å²) in [5, 5.41) is 3.49. The van der Waals surface area contributed by atoms with Crippen LogP contribution in [0.3, 0.4) is 0 Å². The first-order valence-electron chi connectivity index (χ1n) is 6.38. The van der Waals surface area contributed by atoms with Crippen LogP contribution in [-0.2, 0) is 4.74 Å². The van der Waals surface area contributed by atoms with Gasteiger partial charge in [0, 0.05) is 6.04 Å². The zero-order chi connectivity index (χ0) is 10.7. The van der Waals surface area contributed by atoms with Gasteiger partial charge < -0.3 is 9.64 Å². The fraction of sp³-hybridized carbons (Fsp3) is 1.00. The average molecular weight is 249 g/mol. The van der Waals surface area contributed by atoms with E-state index in [-0.39, 0.29) is 12.4 Å². The molecule has 0 radical (unpaired) electrons. The van der Waals surface area contributed by atoms with Crippen molar-refractivity contribution in [2.24, 2.45) is 5.92 Å². The van der Waals surface area contributed by atoms with Crippen LogP contribution in [0, 0.1) is 5.92 Å². The fourth-order valence-corrected chi connectivity index (χ4v) is 2.65. The molecule has 0 spiro atoms. The summed E-state index contributed by atoms with van der Waals surface area (Å²) in [5.41, 5.74) is 0. The Morgan fingerprint density at radius 3 is 2.50 bits per heavy atom. The van der Waals surface area contributed by atoms with E-state index in [0.29, 0.717) is 12.3 Å². The quantitative estimate of drug-likeness (QED) is 0.825. The number of nitrogens with one attached hydrogen (secondary N) is 1. The minimum Gasteiger partial charge on any atom is -0.362 e. The van der Waals surface area contributed by atoms with Gasteiger partial charge in [0.1, 0.15) is 6.23 Å². The molecule has 2 aliphatic rings. The number of ether oxygens (including phenoxy) is 1. The summed E-state index contributed by atoms with van der Waals surface area (Å²) in [6.45, 7) is 9.11. The highest BCUT2D eigenvalue weighted by molar-refractivity contribution is 5.85. The second kappa shape index (κ2) is 6.80. The monoisotopic (exact) mass is 248 g/mol. The number of halogens is 1. The molecule has 2 aliphatic heterocycles. The van der Waals surface area contributed by atoms with E-state index in [1.54, 1.807) is 0 Å². The van der Waals surface area contributed by atoms with E-state index in [4.69, 9.17) is 4.74 Å². The highest BCUT2D eigenvalue weighted by Gasteiger charge is 2.26. The van der Waals surface area contributed by atoms with Gasteiger partial charge in [-0.25, -0.2) is 0 Å².